The fraction of sp³-hybridized carbons (Fsp3) is 0.400. The second-order valence-corrected chi connectivity index (χ2v) is 11.1. The normalized spacial score (nSPS) is 20.7. The number of halogens is 4. The van der Waals surface area contributed by atoms with Gasteiger partial charge in [0.25, 0.3) is 5.91 Å². The maximum Gasteiger partial charge on any atom is 0.417 e. The number of anilines is 1. The Morgan fingerprint density at radius 3 is 2.67 bits per heavy atom. The van der Waals surface area contributed by atoms with Crippen molar-refractivity contribution in [1.29, 1.82) is 0 Å². The van der Waals surface area contributed by atoms with Gasteiger partial charge in [0, 0.05) is 28.9 Å². The summed E-state index contributed by atoms with van der Waals surface area (Å²) in [6.07, 6.45) is -3.04. The van der Waals surface area contributed by atoms with Gasteiger partial charge in [-0.25, -0.2) is 9.97 Å². The van der Waals surface area contributed by atoms with Gasteiger partial charge >= 0.3 is 6.18 Å². The average molecular weight is 582 g/mol. The van der Waals surface area contributed by atoms with E-state index in [2.05, 4.69) is 20.3 Å². The topological polar surface area (TPSA) is 118 Å². The lowest BCUT2D eigenvalue weighted by Crippen LogP contribution is -2.43. The predicted molar refractivity (Wildman–Crippen MR) is 136 cm³/mol. The maximum absolute atomic E-state index is 13.3. The third-order valence-corrected chi connectivity index (χ3v) is 8.19. The minimum absolute atomic E-state index is 0.0336. The molecular formula is C25H23ClF3N5O4S. The molecule has 3 aromatic heterocycles. The van der Waals surface area contributed by atoms with E-state index < -0.39 is 42.4 Å². The molecule has 39 heavy (non-hydrogen) atoms. The summed E-state index contributed by atoms with van der Waals surface area (Å²) in [5.41, 5.74) is -0.233. The summed E-state index contributed by atoms with van der Waals surface area (Å²) in [5.74, 6) is -1.39. The number of nitrogens with zero attached hydrogens (tertiary/aromatic N) is 4. The van der Waals surface area contributed by atoms with Crippen LogP contribution in [0.25, 0.3) is 11.1 Å². The van der Waals surface area contributed by atoms with Gasteiger partial charge in [-0.2, -0.15) is 13.2 Å². The first-order chi connectivity index (χ1) is 18.4. The largest absolute Gasteiger partial charge is 0.494 e. The number of aromatic nitrogens is 3. The molecule has 3 aromatic rings. The van der Waals surface area contributed by atoms with Crippen molar-refractivity contribution in [2.75, 3.05) is 12.4 Å². The molecule has 0 radical (unpaired) electrons. The lowest BCUT2D eigenvalue weighted by Gasteiger charge is -2.26. The molecule has 14 heteroatoms. The van der Waals surface area contributed by atoms with Crippen LogP contribution in [0.3, 0.4) is 0 Å². The molecule has 9 nitrogen and oxygen atoms in total. The number of fused-ring (bicyclic) bond motifs is 1. The summed E-state index contributed by atoms with van der Waals surface area (Å²) >= 11 is 7.28. The minimum Gasteiger partial charge on any atom is -0.494 e. The van der Waals surface area contributed by atoms with Crippen LogP contribution in [0.1, 0.15) is 45.9 Å². The van der Waals surface area contributed by atoms with Gasteiger partial charge in [-0.05, 0) is 38.3 Å². The molecule has 4 heterocycles. The van der Waals surface area contributed by atoms with Crippen LogP contribution in [-0.2, 0) is 17.9 Å². The number of hydrogen-bond acceptors (Lipinski definition) is 8. The lowest BCUT2D eigenvalue weighted by atomic mass is 9.99. The van der Waals surface area contributed by atoms with E-state index >= 15 is 0 Å². The van der Waals surface area contributed by atoms with Gasteiger partial charge in [-0.1, -0.05) is 22.9 Å². The number of carbonyl (C=O) groups is 2. The molecule has 0 spiro atoms. The fourth-order valence-electron chi connectivity index (χ4n) is 4.92. The number of alkyl halides is 3. The van der Waals surface area contributed by atoms with Gasteiger partial charge in [0.2, 0.25) is 5.91 Å². The molecule has 2 aliphatic rings. The van der Waals surface area contributed by atoms with Gasteiger partial charge in [-0.3, -0.25) is 19.9 Å². The standard InChI is InChI=1S/C25H23ClF3N5O4S/c1-12-5-14(15-6-20(26)31-9-18(15)38-2)16(8-30-12)21(35)33-23-32-17-10-34(11-19(17)39-23)22(36)13-3-4-24(37,7-13)25(27,28)29/h5-6,8-9,13,37H,3-4,7,10-11H2,1-2H3,(H,32,33,35). The molecular weight excluding hydrogens is 559 g/mol. The Hall–Kier alpha value is -3.29. The molecule has 2 N–H and O–H groups in total. The summed E-state index contributed by atoms with van der Waals surface area (Å²) in [7, 11) is 1.48. The van der Waals surface area contributed by atoms with Crippen molar-refractivity contribution in [3.05, 3.63) is 51.5 Å². The van der Waals surface area contributed by atoms with Crippen molar-refractivity contribution in [2.24, 2.45) is 5.92 Å². The number of ether oxygens (including phenoxy) is 1. The Morgan fingerprint density at radius 2 is 2.00 bits per heavy atom. The van der Waals surface area contributed by atoms with Gasteiger partial charge in [-0.15, -0.1) is 0 Å². The van der Waals surface area contributed by atoms with E-state index in [0.29, 0.717) is 33.4 Å². The molecule has 2 atom stereocenters. The Balaban J connectivity index is 1.30. The number of thiazole rings is 1. The highest BCUT2D eigenvalue weighted by Crippen LogP contribution is 2.46. The first-order valence-corrected chi connectivity index (χ1v) is 13.1. The van der Waals surface area contributed by atoms with Gasteiger partial charge < -0.3 is 14.7 Å². The van der Waals surface area contributed by atoms with Crippen LogP contribution in [0, 0.1) is 12.8 Å². The first kappa shape index (κ1) is 27.3. The SMILES string of the molecule is COc1cnc(Cl)cc1-c1cc(C)ncc1C(=O)Nc1nc2c(s1)CN(C(=O)C1CCC(O)(C(F)(F)F)C1)C2. The zero-order valence-corrected chi connectivity index (χ0v) is 22.4. The number of rotatable bonds is 5. The molecule has 1 fully saturated rings. The third-order valence-electron chi connectivity index (χ3n) is 6.98. The number of pyridine rings is 2. The molecule has 0 bridgehead atoms. The van der Waals surface area contributed by atoms with Crippen LogP contribution < -0.4 is 10.1 Å². The van der Waals surface area contributed by atoms with Crippen LogP contribution >= 0.6 is 22.9 Å². The zero-order valence-electron chi connectivity index (χ0n) is 20.8. The van der Waals surface area contributed by atoms with Crippen LogP contribution in [0.4, 0.5) is 18.3 Å². The first-order valence-electron chi connectivity index (χ1n) is 11.9. The summed E-state index contributed by atoms with van der Waals surface area (Å²) in [5, 5.41) is 13.2. The highest BCUT2D eigenvalue weighted by molar-refractivity contribution is 7.16. The summed E-state index contributed by atoms with van der Waals surface area (Å²) in [4.78, 5) is 41.0. The summed E-state index contributed by atoms with van der Waals surface area (Å²) in [6.45, 7) is 2.08. The zero-order chi connectivity index (χ0) is 28.1. The molecule has 206 valence electrons. The van der Waals surface area contributed by atoms with Crippen LogP contribution in [0.5, 0.6) is 5.75 Å². The third kappa shape index (κ3) is 5.18. The van der Waals surface area contributed by atoms with E-state index in [9.17, 15) is 27.9 Å². The van der Waals surface area contributed by atoms with Gasteiger partial charge in [0.05, 0.1) is 42.5 Å². The monoisotopic (exact) mass is 581 g/mol. The van der Waals surface area contributed by atoms with Crippen LogP contribution in [0.2, 0.25) is 5.15 Å². The van der Waals surface area contributed by atoms with Crippen molar-refractivity contribution >= 4 is 39.9 Å². The van der Waals surface area contributed by atoms with Crippen molar-refractivity contribution in [2.45, 2.75) is 51.1 Å². The molecule has 5 rings (SSSR count). The Labute approximate surface area is 230 Å². The Morgan fingerprint density at radius 1 is 1.23 bits per heavy atom. The number of hydrogen-bond donors (Lipinski definition) is 2. The second-order valence-electron chi connectivity index (χ2n) is 9.58. The summed E-state index contributed by atoms with van der Waals surface area (Å²) in [6, 6.07) is 3.33. The van der Waals surface area contributed by atoms with Crippen molar-refractivity contribution in [3.63, 3.8) is 0 Å². The quantitative estimate of drug-likeness (QED) is 0.417. The predicted octanol–water partition coefficient (Wildman–Crippen LogP) is 4.76. The van der Waals surface area contributed by atoms with Crippen molar-refractivity contribution in [1.82, 2.24) is 19.9 Å². The van der Waals surface area contributed by atoms with E-state index in [1.165, 1.54) is 35.7 Å². The van der Waals surface area contributed by atoms with Gasteiger partial charge in [0.1, 0.15) is 10.9 Å². The van der Waals surface area contributed by atoms with E-state index in [1.54, 1.807) is 19.1 Å². The van der Waals surface area contributed by atoms with Crippen molar-refractivity contribution in [3.8, 4) is 16.9 Å². The Kier molecular flexibility index (Phi) is 7.02. The lowest BCUT2D eigenvalue weighted by molar-refractivity contribution is -0.258. The average Bonchev–Trinajstić information content (AvgIpc) is 3.57. The van der Waals surface area contributed by atoms with E-state index in [-0.39, 0.29) is 30.2 Å². The number of aryl methyl sites for hydroxylation is 1. The van der Waals surface area contributed by atoms with Crippen LogP contribution in [0.15, 0.2) is 24.5 Å². The number of amides is 2. The molecule has 2 unspecified atom stereocenters. The second kappa shape index (κ2) is 10.0. The highest BCUT2D eigenvalue weighted by atomic mass is 35.5. The molecule has 2 amide bonds. The molecule has 1 aliphatic heterocycles. The molecule has 0 aromatic carbocycles. The maximum atomic E-state index is 13.3. The fourth-order valence-corrected chi connectivity index (χ4v) is 6.06. The number of nitrogens with one attached hydrogen (secondary N) is 1. The van der Waals surface area contributed by atoms with E-state index in [4.69, 9.17) is 16.3 Å². The molecule has 1 aliphatic carbocycles. The number of methoxy groups -OCH3 is 1. The van der Waals surface area contributed by atoms with E-state index in [1.807, 2.05) is 0 Å². The highest BCUT2D eigenvalue weighted by Gasteiger charge is 2.58. The minimum atomic E-state index is -4.78. The van der Waals surface area contributed by atoms with E-state index in [0.717, 1.165) is 4.88 Å². The molecule has 1 saturated carbocycles. The van der Waals surface area contributed by atoms with Crippen LogP contribution in [-0.4, -0.2) is 55.7 Å². The van der Waals surface area contributed by atoms with Gasteiger partial charge in [0.15, 0.2) is 10.7 Å². The summed E-state index contributed by atoms with van der Waals surface area (Å²) < 4.78 is 44.9. The number of aliphatic hydroxyl groups is 1. The number of carbonyl (C=O) groups excluding carboxylic acids is 2. The Bertz CT molecular complexity index is 1440. The molecule has 0 saturated heterocycles. The van der Waals surface area contributed by atoms with Crippen molar-refractivity contribution < 1.29 is 32.6 Å². The smallest absolute Gasteiger partial charge is 0.417 e.